The van der Waals surface area contributed by atoms with E-state index in [4.69, 9.17) is 14.2 Å². The molecule has 100 valence electrons. The highest BCUT2D eigenvalue weighted by molar-refractivity contribution is 6.20. The second-order valence-corrected chi connectivity index (χ2v) is 4.45. The summed E-state index contributed by atoms with van der Waals surface area (Å²) in [4.78, 5) is 23.9. The van der Waals surface area contributed by atoms with Gasteiger partial charge in [-0.2, -0.15) is 0 Å². The first kappa shape index (κ1) is 13.1. The molecule has 0 aliphatic carbocycles. The van der Waals surface area contributed by atoms with Crippen LogP contribution in [0.2, 0.25) is 0 Å². The Bertz CT molecular complexity index is 520. The van der Waals surface area contributed by atoms with Crippen LogP contribution in [0.25, 0.3) is 5.76 Å². The van der Waals surface area contributed by atoms with Crippen molar-refractivity contribution in [3.8, 4) is 0 Å². The minimum Gasteiger partial charge on any atom is -0.495 e. The number of benzene rings is 1. The highest BCUT2D eigenvalue weighted by Crippen LogP contribution is 2.28. The van der Waals surface area contributed by atoms with E-state index in [0.717, 1.165) is 0 Å². The molecule has 1 aliphatic rings. The van der Waals surface area contributed by atoms with Crippen molar-refractivity contribution in [1.29, 1.82) is 0 Å². The van der Waals surface area contributed by atoms with E-state index < -0.39 is 17.7 Å². The van der Waals surface area contributed by atoms with Crippen molar-refractivity contribution < 1.29 is 23.8 Å². The zero-order valence-corrected chi connectivity index (χ0v) is 10.9. The maximum atomic E-state index is 11.9. The lowest BCUT2D eigenvalue weighted by Crippen LogP contribution is -2.42. The molecule has 0 atom stereocenters. The highest BCUT2D eigenvalue weighted by atomic mass is 16.7. The second kappa shape index (κ2) is 4.76. The van der Waals surface area contributed by atoms with Gasteiger partial charge in [-0.25, -0.2) is 9.59 Å². The summed E-state index contributed by atoms with van der Waals surface area (Å²) in [5.74, 6) is -2.61. The largest absolute Gasteiger partial charge is 0.495 e. The number of carbonyl (C=O) groups excluding carboxylic acids is 2. The Hall–Kier alpha value is -2.30. The Balaban J connectivity index is 2.50. The van der Waals surface area contributed by atoms with Gasteiger partial charge in [-0.15, -0.1) is 0 Å². The van der Waals surface area contributed by atoms with E-state index in [0.29, 0.717) is 5.56 Å². The molecule has 0 N–H and O–H groups in total. The van der Waals surface area contributed by atoms with Gasteiger partial charge in [-0.1, -0.05) is 30.3 Å². The highest BCUT2D eigenvalue weighted by Gasteiger charge is 2.41. The summed E-state index contributed by atoms with van der Waals surface area (Å²) in [6.45, 7) is 2.99. The molecule has 1 heterocycles. The van der Waals surface area contributed by atoms with Crippen LogP contribution >= 0.6 is 0 Å². The molecular weight excluding hydrogens is 248 g/mol. The number of hydrogen-bond donors (Lipinski definition) is 0. The van der Waals surface area contributed by atoms with Crippen molar-refractivity contribution in [2.45, 2.75) is 19.6 Å². The van der Waals surface area contributed by atoms with Crippen LogP contribution in [0.4, 0.5) is 0 Å². The molecule has 0 aromatic heterocycles. The molecule has 0 spiro atoms. The Morgan fingerprint density at radius 1 is 1.05 bits per heavy atom. The van der Waals surface area contributed by atoms with Crippen LogP contribution in [0, 0.1) is 0 Å². The predicted molar refractivity (Wildman–Crippen MR) is 66.6 cm³/mol. The number of rotatable bonds is 2. The Morgan fingerprint density at radius 3 is 2.05 bits per heavy atom. The molecule has 1 aromatic carbocycles. The fourth-order valence-corrected chi connectivity index (χ4v) is 1.79. The van der Waals surface area contributed by atoms with Crippen molar-refractivity contribution in [3.63, 3.8) is 0 Å². The average molecular weight is 262 g/mol. The molecule has 1 saturated heterocycles. The van der Waals surface area contributed by atoms with Crippen molar-refractivity contribution in [1.82, 2.24) is 0 Å². The SMILES string of the molecule is COC(=C1C(=O)OC(C)(C)OC1=O)c1ccccc1. The number of carbonyl (C=O) groups is 2. The van der Waals surface area contributed by atoms with Gasteiger partial charge in [0.15, 0.2) is 5.57 Å². The van der Waals surface area contributed by atoms with Crippen LogP contribution in [0.3, 0.4) is 0 Å². The van der Waals surface area contributed by atoms with Crippen molar-refractivity contribution in [3.05, 3.63) is 41.5 Å². The summed E-state index contributed by atoms with van der Waals surface area (Å²) in [5.41, 5.74) is 0.377. The number of ether oxygens (including phenoxy) is 3. The molecule has 1 fully saturated rings. The molecular formula is C14H14O5. The van der Waals surface area contributed by atoms with Crippen LogP contribution in [-0.4, -0.2) is 24.8 Å². The zero-order valence-electron chi connectivity index (χ0n) is 10.9. The van der Waals surface area contributed by atoms with Gasteiger partial charge >= 0.3 is 11.9 Å². The van der Waals surface area contributed by atoms with Crippen LogP contribution in [0.1, 0.15) is 19.4 Å². The minimum absolute atomic E-state index is 0.145. The molecule has 1 aromatic rings. The minimum atomic E-state index is -1.26. The average Bonchev–Trinajstić information content (AvgIpc) is 2.33. The Kier molecular flexibility index (Phi) is 3.29. The van der Waals surface area contributed by atoms with E-state index in [1.165, 1.54) is 21.0 Å². The topological polar surface area (TPSA) is 61.8 Å². The summed E-state index contributed by atoms with van der Waals surface area (Å²) < 4.78 is 15.2. The number of esters is 2. The summed E-state index contributed by atoms with van der Waals surface area (Å²) in [7, 11) is 1.38. The van der Waals surface area contributed by atoms with Crippen molar-refractivity contribution in [2.75, 3.05) is 7.11 Å². The predicted octanol–water partition coefficient (Wildman–Crippen LogP) is 1.88. The maximum absolute atomic E-state index is 11.9. The molecule has 2 rings (SSSR count). The maximum Gasteiger partial charge on any atom is 0.352 e. The van der Waals surface area contributed by atoms with Gasteiger partial charge in [-0.05, 0) is 0 Å². The first-order valence-electron chi connectivity index (χ1n) is 5.75. The monoisotopic (exact) mass is 262 g/mol. The molecule has 1 aliphatic heterocycles. The van der Waals surface area contributed by atoms with E-state index in [9.17, 15) is 9.59 Å². The zero-order chi connectivity index (χ0) is 14.0. The third-order valence-corrected chi connectivity index (χ3v) is 2.55. The van der Waals surface area contributed by atoms with Gasteiger partial charge in [0.25, 0.3) is 5.79 Å². The summed E-state index contributed by atoms with van der Waals surface area (Å²) >= 11 is 0. The van der Waals surface area contributed by atoms with Crippen molar-refractivity contribution >= 4 is 17.7 Å². The molecule has 5 nitrogen and oxygen atoms in total. The number of hydrogen-bond acceptors (Lipinski definition) is 5. The third kappa shape index (κ3) is 2.59. The number of cyclic esters (lactones) is 2. The van der Waals surface area contributed by atoms with Crippen LogP contribution in [-0.2, 0) is 23.8 Å². The molecule has 0 saturated carbocycles. The molecule has 0 amide bonds. The summed E-state index contributed by atoms with van der Waals surface area (Å²) in [5, 5.41) is 0. The lowest BCUT2D eigenvalue weighted by atomic mass is 10.1. The molecule has 0 radical (unpaired) electrons. The lowest BCUT2D eigenvalue weighted by Gasteiger charge is -2.30. The number of methoxy groups -OCH3 is 1. The first-order valence-corrected chi connectivity index (χ1v) is 5.75. The van der Waals surface area contributed by atoms with Gasteiger partial charge in [0, 0.05) is 19.4 Å². The normalized spacial score (nSPS) is 17.5. The third-order valence-electron chi connectivity index (χ3n) is 2.55. The Morgan fingerprint density at radius 2 is 1.58 bits per heavy atom. The molecule has 0 unspecified atom stereocenters. The molecule has 5 heteroatoms. The first-order chi connectivity index (χ1) is 8.94. The van der Waals surface area contributed by atoms with Gasteiger partial charge in [0.2, 0.25) is 0 Å². The summed E-state index contributed by atoms with van der Waals surface area (Å²) in [6, 6.07) is 8.83. The second-order valence-electron chi connectivity index (χ2n) is 4.45. The summed E-state index contributed by atoms with van der Waals surface area (Å²) in [6.07, 6.45) is 0. The van der Waals surface area contributed by atoms with Gasteiger partial charge in [-0.3, -0.25) is 0 Å². The molecule has 0 bridgehead atoms. The molecule has 19 heavy (non-hydrogen) atoms. The van der Waals surface area contributed by atoms with E-state index >= 15 is 0 Å². The van der Waals surface area contributed by atoms with Gasteiger partial charge in [0.05, 0.1) is 7.11 Å². The van der Waals surface area contributed by atoms with Crippen LogP contribution < -0.4 is 0 Å². The fourth-order valence-electron chi connectivity index (χ4n) is 1.79. The van der Waals surface area contributed by atoms with Crippen LogP contribution in [0.15, 0.2) is 35.9 Å². The quantitative estimate of drug-likeness (QED) is 0.352. The fraction of sp³-hybridized carbons (Fsp3) is 0.286. The van der Waals surface area contributed by atoms with E-state index in [1.54, 1.807) is 24.3 Å². The van der Waals surface area contributed by atoms with E-state index in [-0.39, 0.29) is 11.3 Å². The van der Waals surface area contributed by atoms with Crippen molar-refractivity contribution in [2.24, 2.45) is 0 Å². The van der Waals surface area contributed by atoms with E-state index in [1.807, 2.05) is 6.07 Å². The smallest absolute Gasteiger partial charge is 0.352 e. The van der Waals surface area contributed by atoms with Gasteiger partial charge in [0.1, 0.15) is 5.76 Å². The van der Waals surface area contributed by atoms with E-state index in [2.05, 4.69) is 0 Å². The standard InChI is InChI=1S/C14H14O5/c1-14(2)18-12(15)10(13(16)19-14)11(17-3)9-7-5-4-6-8-9/h4-8H,1-3H3. The lowest BCUT2D eigenvalue weighted by molar-refractivity contribution is -0.222. The van der Waals surface area contributed by atoms with Crippen LogP contribution in [0.5, 0.6) is 0 Å². The van der Waals surface area contributed by atoms with Gasteiger partial charge < -0.3 is 14.2 Å². The Labute approximate surface area is 110 Å².